The van der Waals surface area contributed by atoms with Crippen LogP contribution in [-0.4, -0.2) is 24.5 Å². The Kier molecular flexibility index (Phi) is 6.86. The zero-order valence-electron chi connectivity index (χ0n) is 13.5. The van der Waals surface area contributed by atoms with Gasteiger partial charge in [-0.25, -0.2) is 4.98 Å². The summed E-state index contributed by atoms with van der Waals surface area (Å²) in [5, 5.41) is 10.0. The lowest BCUT2D eigenvalue weighted by Gasteiger charge is -2.10. The van der Waals surface area contributed by atoms with Crippen molar-refractivity contribution in [2.45, 2.75) is 39.7 Å². The van der Waals surface area contributed by atoms with Crippen molar-refractivity contribution in [3.05, 3.63) is 38.0 Å². The molecular formula is C16H24N4S2. The highest BCUT2D eigenvalue weighted by molar-refractivity contribution is 7.12. The second kappa shape index (κ2) is 8.90. The lowest BCUT2D eigenvalue weighted by atomic mass is 10.3. The maximum absolute atomic E-state index is 4.48. The van der Waals surface area contributed by atoms with Gasteiger partial charge in [0.1, 0.15) is 0 Å². The topological polar surface area (TPSA) is 49.3 Å². The van der Waals surface area contributed by atoms with Gasteiger partial charge in [-0.05, 0) is 31.9 Å². The predicted octanol–water partition coefficient (Wildman–Crippen LogP) is 3.37. The number of hydrogen-bond donors (Lipinski definition) is 2. The number of hydrogen-bond acceptors (Lipinski definition) is 4. The number of aromatic nitrogens is 1. The number of aliphatic imine (C=N–C) groups is 1. The van der Waals surface area contributed by atoms with Crippen LogP contribution in [0.5, 0.6) is 0 Å². The molecule has 2 heterocycles. The van der Waals surface area contributed by atoms with Crippen molar-refractivity contribution in [2.75, 3.05) is 13.6 Å². The Balaban J connectivity index is 1.66. The molecule has 6 heteroatoms. The monoisotopic (exact) mass is 336 g/mol. The molecule has 0 fully saturated rings. The summed E-state index contributed by atoms with van der Waals surface area (Å²) >= 11 is 3.60. The second-order valence-corrected chi connectivity index (χ2v) is 7.26. The van der Waals surface area contributed by atoms with Crippen molar-refractivity contribution in [1.29, 1.82) is 0 Å². The Labute approximate surface area is 140 Å². The SMILES string of the molecule is CCc1ccc(CNC(=NC)NCCCc2nc(C)cs2)s1. The third kappa shape index (κ3) is 5.42. The average molecular weight is 337 g/mol. The van der Waals surface area contributed by atoms with E-state index in [1.54, 1.807) is 11.3 Å². The molecular weight excluding hydrogens is 312 g/mol. The molecule has 0 amide bonds. The maximum atomic E-state index is 4.48. The zero-order chi connectivity index (χ0) is 15.8. The summed E-state index contributed by atoms with van der Waals surface area (Å²) in [6.07, 6.45) is 3.19. The van der Waals surface area contributed by atoms with Crippen molar-refractivity contribution in [3.63, 3.8) is 0 Å². The number of aryl methyl sites for hydroxylation is 3. The number of rotatable bonds is 7. The molecule has 2 N–H and O–H groups in total. The molecule has 22 heavy (non-hydrogen) atoms. The van der Waals surface area contributed by atoms with Crippen molar-refractivity contribution in [1.82, 2.24) is 15.6 Å². The fourth-order valence-electron chi connectivity index (χ4n) is 2.06. The highest BCUT2D eigenvalue weighted by atomic mass is 32.1. The second-order valence-electron chi connectivity index (χ2n) is 5.06. The number of thiophene rings is 1. The first-order valence-corrected chi connectivity index (χ1v) is 9.34. The molecule has 0 aliphatic carbocycles. The summed E-state index contributed by atoms with van der Waals surface area (Å²) in [5.41, 5.74) is 1.12. The van der Waals surface area contributed by atoms with E-state index in [4.69, 9.17) is 0 Å². The summed E-state index contributed by atoms with van der Waals surface area (Å²) in [6.45, 7) is 5.96. The lowest BCUT2D eigenvalue weighted by Crippen LogP contribution is -2.37. The van der Waals surface area contributed by atoms with Crippen molar-refractivity contribution >= 4 is 28.6 Å². The zero-order valence-corrected chi connectivity index (χ0v) is 15.1. The van der Waals surface area contributed by atoms with Crippen LogP contribution in [0.25, 0.3) is 0 Å². The van der Waals surface area contributed by atoms with Crippen molar-refractivity contribution in [3.8, 4) is 0 Å². The van der Waals surface area contributed by atoms with Gasteiger partial charge >= 0.3 is 0 Å². The first-order valence-electron chi connectivity index (χ1n) is 7.64. The van der Waals surface area contributed by atoms with Crippen LogP contribution < -0.4 is 10.6 Å². The fraction of sp³-hybridized carbons (Fsp3) is 0.500. The predicted molar refractivity (Wildman–Crippen MR) is 97.1 cm³/mol. The first-order chi connectivity index (χ1) is 10.7. The Morgan fingerprint density at radius 1 is 1.27 bits per heavy atom. The van der Waals surface area contributed by atoms with E-state index in [-0.39, 0.29) is 0 Å². The molecule has 0 radical (unpaired) electrons. The van der Waals surface area contributed by atoms with Crippen LogP contribution in [0.15, 0.2) is 22.5 Å². The molecule has 0 bridgehead atoms. The highest BCUT2D eigenvalue weighted by Gasteiger charge is 2.02. The third-order valence-electron chi connectivity index (χ3n) is 3.25. The van der Waals surface area contributed by atoms with Gasteiger partial charge in [-0.2, -0.15) is 0 Å². The number of thiazole rings is 1. The van der Waals surface area contributed by atoms with Crippen LogP contribution in [0, 0.1) is 6.92 Å². The molecule has 0 spiro atoms. The minimum absolute atomic E-state index is 0.829. The molecule has 0 saturated carbocycles. The highest BCUT2D eigenvalue weighted by Crippen LogP contribution is 2.16. The van der Waals surface area contributed by atoms with Crippen LogP contribution >= 0.6 is 22.7 Å². The van der Waals surface area contributed by atoms with Crippen LogP contribution in [0.2, 0.25) is 0 Å². The number of guanidine groups is 1. The summed E-state index contributed by atoms with van der Waals surface area (Å²) in [7, 11) is 1.81. The lowest BCUT2D eigenvalue weighted by molar-refractivity contribution is 0.740. The minimum Gasteiger partial charge on any atom is -0.356 e. The van der Waals surface area contributed by atoms with E-state index in [1.807, 2.05) is 25.3 Å². The van der Waals surface area contributed by atoms with Gasteiger partial charge < -0.3 is 10.6 Å². The van der Waals surface area contributed by atoms with Gasteiger partial charge in [0.15, 0.2) is 5.96 Å². The Morgan fingerprint density at radius 2 is 2.09 bits per heavy atom. The minimum atomic E-state index is 0.829. The van der Waals surface area contributed by atoms with Crippen LogP contribution in [0.3, 0.4) is 0 Å². The van der Waals surface area contributed by atoms with E-state index >= 15 is 0 Å². The van der Waals surface area contributed by atoms with E-state index in [1.165, 1.54) is 14.8 Å². The molecule has 120 valence electrons. The van der Waals surface area contributed by atoms with E-state index in [0.717, 1.165) is 44.0 Å². The van der Waals surface area contributed by atoms with E-state index in [0.29, 0.717) is 0 Å². The summed E-state index contributed by atoms with van der Waals surface area (Å²) < 4.78 is 0. The smallest absolute Gasteiger partial charge is 0.191 e. The van der Waals surface area contributed by atoms with Gasteiger partial charge in [0.2, 0.25) is 0 Å². The summed E-state index contributed by atoms with van der Waals surface area (Å²) in [4.78, 5) is 11.5. The number of nitrogens with zero attached hydrogens (tertiary/aromatic N) is 2. The van der Waals surface area contributed by atoms with Gasteiger partial charge in [0.25, 0.3) is 0 Å². The van der Waals surface area contributed by atoms with E-state index < -0.39 is 0 Å². The van der Waals surface area contributed by atoms with Crippen LogP contribution in [-0.2, 0) is 19.4 Å². The Morgan fingerprint density at radius 3 is 2.73 bits per heavy atom. The summed E-state index contributed by atoms with van der Waals surface area (Å²) in [5.74, 6) is 0.863. The van der Waals surface area contributed by atoms with Gasteiger partial charge in [-0.15, -0.1) is 22.7 Å². The molecule has 0 saturated heterocycles. The Bertz CT molecular complexity index is 601. The molecule has 0 unspecified atom stereocenters. The molecule has 2 aromatic rings. The fourth-order valence-corrected chi connectivity index (χ4v) is 3.78. The van der Waals surface area contributed by atoms with Crippen LogP contribution in [0.4, 0.5) is 0 Å². The summed E-state index contributed by atoms with van der Waals surface area (Å²) in [6, 6.07) is 4.39. The maximum Gasteiger partial charge on any atom is 0.191 e. The molecule has 0 aliphatic heterocycles. The van der Waals surface area contributed by atoms with Crippen molar-refractivity contribution < 1.29 is 0 Å². The molecule has 4 nitrogen and oxygen atoms in total. The van der Waals surface area contributed by atoms with E-state index in [2.05, 4.69) is 45.0 Å². The number of nitrogens with one attached hydrogen (secondary N) is 2. The van der Waals surface area contributed by atoms with Gasteiger partial charge in [-0.1, -0.05) is 6.92 Å². The standard InChI is InChI=1S/C16H24N4S2/c1-4-13-7-8-14(22-13)10-19-16(17-3)18-9-5-6-15-20-12(2)11-21-15/h7-8,11H,4-6,9-10H2,1-3H3,(H2,17,18,19). The van der Waals surface area contributed by atoms with Gasteiger partial charge in [0, 0.05) is 40.8 Å². The first kappa shape index (κ1) is 17.0. The van der Waals surface area contributed by atoms with E-state index in [9.17, 15) is 0 Å². The molecule has 0 aromatic carbocycles. The third-order valence-corrected chi connectivity index (χ3v) is 5.50. The normalized spacial score (nSPS) is 11.7. The largest absolute Gasteiger partial charge is 0.356 e. The molecule has 2 aromatic heterocycles. The Hall–Kier alpha value is -1.40. The molecule has 0 aliphatic rings. The van der Waals surface area contributed by atoms with Crippen molar-refractivity contribution in [2.24, 2.45) is 4.99 Å². The molecule has 0 atom stereocenters. The molecule has 2 rings (SSSR count). The van der Waals surface area contributed by atoms with Gasteiger partial charge in [0.05, 0.1) is 11.6 Å². The van der Waals surface area contributed by atoms with Crippen LogP contribution in [0.1, 0.15) is 33.8 Å². The average Bonchev–Trinajstić information content (AvgIpc) is 3.15. The quantitative estimate of drug-likeness (QED) is 0.463. The van der Waals surface area contributed by atoms with Gasteiger partial charge in [-0.3, -0.25) is 4.99 Å².